The van der Waals surface area contributed by atoms with Crippen molar-refractivity contribution in [1.29, 1.82) is 0 Å². The Hall–Kier alpha value is -0.620. The van der Waals surface area contributed by atoms with E-state index in [1.54, 1.807) is 11.3 Å². The number of halogens is 1. The predicted molar refractivity (Wildman–Crippen MR) is 77.1 cm³/mol. The molecule has 18 heavy (non-hydrogen) atoms. The molecular formula is C12H20ClN3OS. The van der Waals surface area contributed by atoms with Crippen molar-refractivity contribution < 1.29 is 4.79 Å². The van der Waals surface area contributed by atoms with Gasteiger partial charge in [-0.05, 0) is 30.8 Å². The molecule has 2 rings (SSSR count). The Labute approximate surface area is 118 Å². The SMILES string of the molecule is Cl.NCC1CCCN1CC(=O)NCc1cccs1. The van der Waals surface area contributed by atoms with E-state index in [4.69, 9.17) is 5.73 Å². The van der Waals surface area contributed by atoms with E-state index >= 15 is 0 Å². The molecule has 1 aromatic rings. The van der Waals surface area contributed by atoms with E-state index in [0.29, 0.717) is 25.7 Å². The van der Waals surface area contributed by atoms with Crippen LogP contribution in [-0.2, 0) is 11.3 Å². The van der Waals surface area contributed by atoms with Gasteiger partial charge in [-0.1, -0.05) is 6.07 Å². The van der Waals surface area contributed by atoms with E-state index < -0.39 is 0 Å². The standard InChI is InChI=1S/C12H19N3OS.ClH/c13-7-10-3-1-5-15(10)9-12(16)14-8-11-4-2-6-17-11;/h2,4,6,10H,1,3,5,7-9,13H2,(H,14,16);1H. The Morgan fingerprint density at radius 3 is 3.11 bits per heavy atom. The van der Waals surface area contributed by atoms with Crippen LogP contribution >= 0.6 is 23.7 Å². The fourth-order valence-corrected chi connectivity index (χ4v) is 2.85. The Balaban J connectivity index is 0.00000162. The van der Waals surface area contributed by atoms with E-state index in [2.05, 4.69) is 10.2 Å². The topological polar surface area (TPSA) is 58.4 Å². The first-order chi connectivity index (χ1) is 8.29. The van der Waals surface area contributed by atoms with Crippen LogP contribution in [0.5, 0.6) is 0 Å². The quantitative estimate of drug-likeness (QED) is 0.857. The lowest BCUT2D eigenvalue weighted by Crippen LogP contribution is -2.42. The molecule has 0 saturated carbocycles. The fourth-order valence-electron chi connectivity index (χ4n) is 2.21. The molecule has 1 fully saturated rings. The number of likely N-dealkylation sites (tertiary alicyclic amines) is 1. The predicted octanol–water partition coefficient (Wildman–Crippen LogP) is 1.21. The summed E-state index contributed by atoms with van der Waals surface area (Å²) in [6.07, 6.45) is 2.27. The Morgan fingerprint density at radius 2 is 2.44 bits per heavy atom. The lowest BCUT2D eigenvalue weighted by atomic mass is 10.2. The van der Waals surface area contributed by atoms with Crippen LogP contribution in [0.15, 0.2) is 17.5 Å². The highest BCUT2D eigenvalue weighted by Gasteiger charge is 2.24. The van der Waals surface area contributed by atoms with Gasteiger partial charge < -0.3 is 11.1 Å². The van der Waals surface area contributed by atoms with Gasteiger partial charge in [0.15, 0.2) is 0 Å². The molecule has 3 N–H and O–H groups in total. The molecule has 1 aliphatic rings. The van der Waals surface area contributed by atoms with Gasteiger partial charge in [0, 0.05) is 17.5 Å². The lowest BCUT2D eigenvalue weighted by Gasteiger charge is -2.22. The maximum absolute atomic E-state index is 11.8. The average Bonchev–Trinajstić information content (AvgIpc) is 2.97. The van der Waals surface area contributed by atoms with Crippen LogP contribution in [0.1, 0.15) is 17.7 Å². The number of nitrogens with one attached hydrogen (secondary N) is 1. The molecule has 1 amide bonds. The molecule has 1 aliphatic heterocycles. The van der Waals surface area contributed by atoms with Crippen LogP contribution in [0.25, 0.3) is 0 Å². The number of amides is 1. The van der Waals surface area contributed by atoms with Crippen LogP contribution in [0.4, 0.5) is 0 Å². The number of hydrogen-bond acceptors (Lipinski definition) is 4. The molecule has 0 aliphatic carbocycles. The minimum atomic E-state index is 0. The van der Waals surface area contributed by atoms with Crippen molar-refractivity contribution in [1.82, 2.24) is 10.2 Å². The Bertz CT molecular complexity index is 358. The van der Waals surface area contributed by atoms with E-state index in [9.17, 15) is 4.79 Å². The number of carbonyl (C=O) groups is 1. The largest absolute Gasteiger partial charge is 0.350 e. The van der Waals surface area contributed by atoms with E-state index in [-0.39, 0.29) is 18.3 Å². The summed E-state index contributed by atoms with van der Waals surface area (Å²) < 4.78 is 0. The minimum absolute atomic E-state index is 0. The van der Waals surface area contributed by atoms with Gasteiger partial charge in [-0.15, -0.1) is 23.7 Å². The van der Waals surface area contributed by atoms with Gasteiger partial charge in [0.05, 0.1) is 13.1 Å². The first-order valence-electron chi connectivity index (χ1n) is 6.03. The summed E-state index contributed by atoms with van der Waals surface area (Å²) in [5, 5.41) is 4.97. The van der Waals surface area contributed by atoms with Crippen molar-refractivity contribution in [3.05, 3.63) is 22.4 Å². The molecule has 0 radical (unpaired) electrons. The third-order valence-corrected chi connectivity index (χ3v) is 4.03. The first-order valence-corrected chi connectivity index (χ1v) is 6.91. The molecule has 1 aromatic heterocycles. The lowest BCUT2D eigenvalue weighted by molar-refractivity contribution is -0.122. The van der Waals surface area contributed by atoms with Crippen molar-refractivity contribution in [2.45, 2.75) is 25.4 Å². The molecule has 0 bridgehead atoms. The molecule has 1 atom stereocenters. The van der Waals surface area contributed by atoms with Gasteiger partial charge in [0.1, 0.15) is 0 Å². The molecule has 1 unspecified atom stereocenters. The van der Waals surface area contributed by atoms with Gasteiger partial charge in [-0.2, -0.15) is 0 Å². The molecule has 0 spiro atoms. The number of carbonyl (C=O) groups excluding carboxylic acids is 1. The molecule has 0 aromatic carbocycles. The molecule has 1 saturated heterocycles. The van der Waals surface area contributed by atoms with E-state index in [1.165, 1.54) is 4.88 Å². The molecule has 2 heterocycles. The third kappa shape index (κ3) is 4.24. The molecular weight excluding hydrogens is 270 g/mol. The highest BCUT2D eigenvalue weighted by molar-refractivity contribution is 7.09. The minimum Gasteiger partial charge on any atom is -0.350 e. The maximum atomic E-state index is 11.8. The van der Waals surface area contributed by atoms with Gasteiger partial charge >= 0.3 is 0 Å². The van der Waals surface area contributed by atoms with E-state index in [1.807, 2.05) is 17.5 Å². The van der Waals surface area contributed by atoms with Crippen LogP contribution in [0, 0.1) is 0 Å². The summed E-state index contributed by atoms with van der Waals surface area (Å²) in [6.45, 7) is 2.76. The number of nitrogens with zero attached hydrogens (tertiary/aromatic N) is 1. The second kappa shape index (κ2) is 7.74. The van der Waals surface area contributed by atoms with Crippen molar-refractivity contribution in [2.24, 2.45) is 5.73 Å². The van der Waals surface area contributed by atoms with Crippen LogP contribution in [0.2, 0.25) is 0 Å². The number of hydrogen-bond donors (Lipinski definition) is 2. The number of rotatable bonds is 5. The second-order valence-corrected chi connectivity index (χ2v) is 5.39. The van der Waals surface area contributed by atoms with Crippen LogP contribution in [0.3, 0.4) is 0 Å². The summed E-state index contributed by atoms with van der Waals surface area (Å²) in [5.74, 6) is 0.0961. The van der Waals surface area contributed by atoms with Crippen LogP contribution < -0.4 is 11.1 Å². The number of thiophene rings is 1. The van der Waals surface area contributed by atoms with Crippen molar-refractivity contribution in [2.75, 3.05) is 19.6 Å². The zero-order valence-corrected chi connectivity index (χ0v) is 11.9. The van der Waals surface area contributed by atoms with Gasteiger partial charge in [-0.3, -0.25) is 9.69 Å². The number of nitrogens with two attached hydrogens (primary N) is 1. The van der Waals surface area contributed by atoms with Gasteiger partial charge in [-0.25, -0.2) is 0 Å². The highest BCUT2D eigenvalue weighted by atomic mass is 35.5. The Kier molecular flexibility index (Phi) is 6.63. The molecule has 6 heteroatoms. The zero-order valence-electron chi connectivity index (χ0n) is 10.3. The fraction of sp³-hybridized carbons (Fsp3) is 0.583. The molecule has 102 valence electrons. The summed E-state index contributed by atoms with van der Waals surface area (Å²) in [6, 6.07) is 4.42. The van der Waals surface area contributed by atoms with Gasteiger partial charge in [0.2, 0.25) is 5.91 Å². The van der Waals surface area contributed by atoms with Crippen molar-refractivity contribution >= 4 is 29.7 Å². The third-order valence-electron chi connectivity index (χ3n) is 3.16. The smallest absolute Gasteiger partial charge is 0.234 e. The van der Waals surface area contributed by atoms with Gasteiger partial charge in [0.25, 0.3) is 0 Å². The van der Waals surface area contributed by atoms with E-state index in [0.717, 1.165) is 19.4 Å². The summed E-state index contributed by atoms with van der Waals surface area (Å²) in [5.41, 5.74) is 5.68. The molecule has 4 nitrogen and oxygen atoms in total. The highest BCUT2D eigenvalue weighted by Crippen LogP contribution is 2.15. The monoisotopic (exact) mass is 289 g/mol. The van der Waals surface area contributed by atoms with Crippen molar-refractivity contribution in [3.63, 3.8) is 0 Å². The normalized spacial score (nSPS) is 19.5. The van der Waals surface area contributed by atoms with Crippen LogP contribution in [-0.4, -0.2) is 36.5 Å². The van der Waals surface area contributed by atoms with Crippen molar-refractivity contribution in [3.8, 4) is 0 Å². The summed E-state index contributed by atoms with van der Waals surface area (Å²) in [7, 11) is 0. The summed E-state index contributed by atoms with van der Waals surface area (Å²) >= 11 is 1.66. The average molecular weight is 290 g/mol. The Morgan fingerprint density at radius 1 is 1.61 bits per heavy atom. The summed E-state index contributed by atoms with van der Waals surface area (Å²) in [4.78, 5) is 15.1. The first kappa shape index (κ1) is 15.4. The maximum Gasteiger partial charge on any atom is 0.234 e. The zero-order chi connectivity index (χ0) is 12.1. The second-order valence-electron chi connectivity index (χ2n) is 4.36.